The van der Waals surface area contributed by atoms with Crippen molar-refractivity contribution >= 4 is 21.8 Å². The summed E-state index contributed by atoms with van der Waals surface area (Å²) < 4.78 is 0. The van der Waals surface area contributed by atoms with Crippen molar-refractivity contribution in [3.63, 3.8) is 0 Å². The summed E-state index contributed by atoms with van der Waals surface area (Å²) in [5, 5.41) is 0.895. The van der Waals surface area contributed by atoms with Crippen molar-refractivity contribution in [2.75, 3.05) is 11.9 Å². The van der Waals surface area contributed by atoms with Crippen molar-refractivity contribution in [2.24, 2.45) is 29.6 Å². The van der Waals surface area contributed by atoms with Gasteiger partial charge in [-0.2, -0.15) is 0 Å². The molecule has 3 rings (SSSR count). The van der Waals surface area contributed by atoms with E-state index in [0.717, 1.165) is 35.5 Å². The van der Waals surface area contributed by atoms with Crippen LogP contribution < -0.4 is 0 Å². The summed E-state index contributed by atoms with van der Waals surface area (Å²) in [6, 6.07) is 0.346. The van der Waals surface area contributed by atoms with Gasteiger partial charge < -0.3 is 4.90 Å². The molecule has 0 aromatic rings. The van der Waals surface area contributed by atoms with E-state index in [4.69, 9.17) is 0 Å². The minimum absolute atomic E-state index is 0.346. The van der Waals surface area contributed by atoms with Crippen LogP contribution in [-0.2, 0) is 4.79 Å². The molecule has 17 heavy (non-hydrogen) atoms. The lowest BCUT2D eigenvalue weighted by Crippen LogP contribution is -2.40. The van der Waals surface area contributed by atoms with Gasteiger partial charge in [0, 0.05) is 23.8 Å². The number of amides is 1. The van der Waals surface area contributed by atoms with Crippen LogP contribution in [0.3, 0.4) is 0 Å². The Kier molecular flexibility index (Phi) is 3.00. The first-order chi connectivity index (χ1) is 8.15. The van der Waals surface area contributed by atoms with Crippen molar-refractivity contribution in [2.45, 2.75) is 39.2 Å². The number of hydrogen-bond donors (Lipinski definition) is 0. The van der Waals surface area contributed by atoms with Gasteiger partial charge in [-0.25, -0.2) is 0 Å². The summed E-state index contributed by atoms with van der Waals surface area (Å²) in [7, 11) is 0. The fraction of sp³-hybridized carbons (Fsp3) is 0.929. The van der Waals surface area contributed by atoms with Crippen LogP contribution in [0, 0.1) is 29.6 Å². The van der Waals surface area contributed by atoms with E-state index in [0.29, 0.717) is 17.9 Å². The zero-order valence-electron chi connectivity index (χ0n) is 10.7. The van der Waals surface area contributed by atoms with E-state index < -0.39 is 0 Å². The lowest BCUT2D eigenvalue weighted by molar-refractivity contribution is -0.135. The number of carbonyl (C=O) groups excluding carboxylic acids is 1. The summed E-state index contributed by atoms with van der Waals surface area (Å²) in [4.78, 5) is 14.7. The van der Waals surface area contributed by atoms with E-state index in [1.54, 1.807) is 0 Å². The van der Waals surface area contributed by atoms with E-state index in [1.165, 1.54) is 19.3 Å². The topological polar surface area (TPSA) is 20.3 Å². The van der Waals surface area contributed by atoms with Crippen molar-refractivity contribution < 1.29 is 4.79 Å². The van der Waals surface area contributed by atoms with E-state index in [2.05, 4.69) is 34.7 Å². The first-order valence-corrected chi connectivity index (χ1v) is 8.13. The standard InChI is InChI=1S/C14H22BrNO/c1-8(2)16(6-5-15)14(17)13-11-9-3-4-10(7-9)12(11)13/h8-13H,3-7H2,1-2H3. The molecule has 0 N–H and O–H groups in total. The number of fused-ring (bicyclic) bond motifs is 5. The number of halogens is 1. The monoisotopic (exact) mass is 299 g/mol. The molecule has 2 nitrogen and oxygen atoms in total. The molecule has 0 saturated heterocycles. The van der Waals surface area contributed by atoms with Gasteiger partial charge >= 0.3 is 0 Å². The Morgan fingerprint density at radius 2 is 1.88 bits per heavy atom. The Balaban J connectivity index is 1.68. The summed E-state index contributed by atoms with van der Waals surface area (Å²) in [5.41, 5.74) is 0. The minimum atomic E-state index is 0.346. The van der Waals surface area contributed by atoms with E-state index >= 15 is 0 Å². The molecule has 0 aromatic carbocycles. The third kappa shape index (κ3) is 1.76. The van der Waals surface area contributed by atoms with Crippen LogP contribution >= 0.6 is 15.9 Å². The van der Waals surface area contributed by atoms with Crippen molar-refractivity contribution in [1.82, 2.24) is 4.90 Å². The Bertz CT molecular complexity index is 314. The van der Waals surface area contributed by atoms with Gasteiger partial charge in [-0.1, -0.05) is 15.9 Å². The third-order valence-electron chi connectivity index (χ3n) is 5.25. The van der Waals surface area contributed by atoms with Crippen molar-refractivity contribution in [3.05, 3.63) is 0 Å². The Labute approximate surface area is 112 Å². The highest BCUT2D eigenvalue weighted by Gasteiger charge is 2.67. The highest BCUT2D eigenvalue weighted by molar-refractivity contribution is 9.09. The maximum atomic E-state index is 12.6. The highest BCUT2D eigenvalue weighted by atomic mass is 79.9. The highest BCUT2D eigenvalue weighted by Crippen LogP contribution is 2.69. The van der Waals surface area contributed by atoms with Crippen LogP contribution in [0.15, 0.2) is 0 Å². The maximum absolute atomic E-state index is 12.6. The van der Waals surface area contributed by atoms with Gasteiger partial charge in [-0.05, 0) is 56.8 Å². The molecule has 0 spiro atoms. The van der Waals surface area contributed by atoms with Crippen LogP contribution in [-0.4, -0.2) is 28.7 Å². The summed E-state index contributed by atoms with van der Waals surface area (Å²) in [5.74, 6) is 4.21. The second-order valence-electron chi connectivity index (χ2n) is 6.33. The van der Waals surface area contributed by atoms with Gasteiger partial charge in [0.25, 0.3) is 0 Å². The molecular weight excluding hydrogens is 278 g/mol. The van der Waals surface area contributed by atoms with Gasteiger partial charge in [0.15, 0.2) is 0 Å². The van der Waals surface area contributed by atoms with Gasteiger partial charge in [-0.3, -0.25) is 4.79 Å². The van der Waals surface area contributed by atoms with Crippen LogP contribution in [0.1, 0.15) is 33.1 Å². The number of rotatable bonds is 4. The molecule has 2 bridgehead atoms. The molecule has 0 aliphatic heterocycles. The Hall–Kier alpha value is -0.0500. The van der Waals surface area contributed by atoms with Gasteiger partial charge in [0.1, 0.15) is 0 Å². The molecule has 4 unspecified atom stereocenters. The first-order valence-electron chi connectivity index (χ1n) is 7.01. The molecule has 3 fully saturated rings. The fourth-order valence-corrected chi connectivity index (χ4v) is 4.94. The van der Waals surface area contributed by atoms with Crippen molar-refractivity contribution in [3.8, 4) is 0 Å². The van der Waals surface area contributed by atoms with E-state index in [1.807, 2.05) is 0 Å². The van der Waals surface area contributed by atoms with E-state index in [9.17, 15) is 4.79 Å². The lowest BCUT2D eigenvalue weighted by Gasteiger charge is -2.27. The Morgan fingerprint density at radius 3 is 2.35 bits per heavy atom. The molecular formula is C14H22BrNO. The fourth-order valence-electron chi connectivity index (χ4n) is 4.56. The van der Waals surface area contributed by atoms with Crippen LogP contribution in [0.4, 0.5) is 0 Å². The maximum Gasteiger partial charge on any atom is 0.226 e. The largest absolute Gasteiger partial charge is 0.339 e. The minimum Gasteiger partial charge on any atom is -0.339 e. The summed E-state index contributed by atoms with van der Waals surface area (Å²) in [6.45, 7) is 5.13. The first kappa shape index (κ1) is 12.0. The zero-order valence-corrected chi connectivity index (χ0v) is 12.3. The van der Waals surface area contributed by atoms with Gasteiger partial charge in [-0.15, -0.1) is 0 Å². The number of hydrogen-bond acceptors (Lipinski definition) is 1. The van der Waals surface area contributed by atoms with Gasteiger partial charge in [0.05, 0.1) is 0 Å². The zero-order chi connectivity index (χ0) is 12.2. The molecule has 0 heterocycles. The predicted octanol–water partition coefficient (Wildman–Crippen LogP) is 2.91. The SMILES string of the molecule is CC(C)N(CCBr)C(=O)C1C2C3CCC(C3)C12. The van der Waals surface area contributed by atoms with Gasteiger partial charge in [0.2, 0.25) is 5.91 Å². The molecule has 1 amide bonds. The molecule has 3 saturated carbocycles. The average molecular weight is 300 g/mol. The molecule has 0 radical (unpaired) electrons. The predicted molar refractivity (Wildman–Crippen MR) is 71.9 cm³/mol. The lowest BCUT2D eigenvalue weighted by atomic mass is 10.0. The smallest absolute Gasteiger partial charge is 0.226 e. The van der Waals surface area contributed by atoms with Crippen LogP contribution in [0.2, 0.25) is 0 Å². The molecule has 3 heteroatoms. The van der Waals surface area contributed by atoms with Crippen LogP contribution in [0.5, 0.6) is 0 Å². The van der Waals surface area contributed by atoms with E-state index in [-0.39, 0.29) is 0 Å². The van der Waals surface area contributed by atoms with Crippen LogP contribution in [0.25, 0.3) is 0 Å². The average Bonchev–Trinajstić information content (AvgIpc) is 2.73. The second kappa shape index (κ2) is 4.25. The normalized spacial score (nSPS) is 41.8. The number of nitrogens with zero attached hydrogens (tertiary/aromatic N) is 1. The molecule has 0 aromatic heterocycles. The summed E-state index contributed by atoms with van der Waals surface area (Å²) >= 11 is 3.46. The summed E-state index contributed by atoms with van der Waals surface area (Å²) in [6.07, 6.45) is 4.23. The molecule has 4 atom stereocenters. The molecule has 3 aliphatic carbocycles. The Morgan fingerprint density at radius 1 is 1.29 bits per heavy atom. The molecule has 3 aliphatic rings. The van der Waals surface area contributed by atoms with Crippen molar-refractivity contribution in [1.29, 1.82) is 0 Å². The number of carbonyl (C=O) groups is 1. The number of alkyl halides is 1. The quantitative estimate of drug-likeness (QED) is 0.731. The second-order valence-corrected chi connectivity index (χ2v) is 7.12. The molecule has 96 valence electrons. The third-order valence-corrected chi connectivity index (χ3v) is 5.61.